The predicted molar refractivity (Wildman–Crippen MR) is 75.7 cm³/mol. The Morgan fingerprint density at radius 3 is 2.39 bits per heavy atom. The quantitative estimate of drug-likeness (QED) is 0.871. The van der Waals surface area contributed by atoms with Gasteiger partial charge in [0, 0.05) is 11.6 Å². The van der Waals surface area contributed by atoms with E-state index in [0.717, 1.165) is 16.6 Å². The van der Waals surface area contributed by atoms with Crippen LogP contribution in [0.15, 0.2) is 36.5 Å². The lowest BCUT2D eigenvalue weighted by atomic mass is 9.86. The van der Waals surface area contributed by atoms with Crippen LogP contribution in [0.4, 0.5) is 5.82 Å². The molecule has 18 heavy (non-hydrogen) atoms. The lowest BCUT2D eigenvalue weighted by Crippen LogP contribution is -2.51. The number of hydrogen-bond acceptors (Lipinski definition) is 3. The van der Waals surface area contributed by atoms with Crippen LogP contribution in [0.2, 0.25) is 0 Å². The molecular formula is C15H20N2O. The molecule has 1 heterocycles. The van der Waals surface area contributed by atoms with E-state index in [1.807, 2.05) is 38.1 Å². The minimum atomic E-state index is -0.842. The van der Waals surface area contributed by atoms with Crippen LogP contribution in [0, 0.1) is 0 Å². The van der Waals surface area contributed by atoms with Gasteiger partial charge in [0.25, 0.3) is 0 Å². The first kappa shape index (κ1) is 12.8. The number of pyridine rings is 1. The summed E-state index contributed by atoms with van der Waals surface area (Å²) in [6, 6.07) is 10.1. The molecule has 0 saturated carbocycles. The summed E-state index contributed by atoms with van der Waals surface area (Å²) in [5, 5.41) is 15.7. The maximum atomic E-state index is 10.2. The van der Waals surface area contributed by atoms with Crippen LogP contribution in [0.25, 0.3) is 10.8 Å². The van der Waals surface area contributed by atoms with Crippen LogP contribution in [0.5, 0.6) is 0 Å². The third-order valence-corrected chi connectivity index (χ3v) is 3.63. The van der Waals surface area contributed by atoms with Crippen molar-refractivity contribution in [2.45, 2.75) is 38.8 Å². The molecule has 0 spiro atoms. The highest BCUT2D eigenvalue weighted by molar-refractivity contribution is 5.91. The van der Waals surface area contributed by atoms with E-state index in [-0.39, 0.29) is 0 Å². The van der Waals surface area contributed by atoms with Gasteiger partial charge in [-0.15, -0.1) is 0 Å². The smallest absolute Gasteiger partial charge is 0.134 e. The second-order valence-electron chi connectivity index (χ2n) is 5.69. The Bertz CT molecular complexity index is 550. The highest BCUT2D eigenvalue weighted by atomic mass is 16.3. The van der Waals surface area contributed by atoms with Crippen LogP contribution in [0.1, 0.15) is 27.7 Å². The Morgan fingerprint density at radius 2 is 1.72 bits per heavy atom. The summed E-state index contributed by atoms with van der Waals surface area (Å²) in [5.74, 6) is 0.806. The summed E-state index contributed by atoms with van der Waals surface area (Å²) in [6.45, 7) is 7.53. The number of hydrogen-bond donors (Lipinski definition) is 2. The molecule has 0 bridgehead atoms. The van der Waals surface area contributed by atoms with Crippen molar-refractivity contribution in [1.29, 1.82) is 0 Å². The van der Waals surface area contributed by atoms with E-state index >= 15 is 0 Å². The molecule has 2 rings (SSSR count). The Hall–Kier alpha value is -1.61. The fourth-order valence-electron chi connectivity index (χ4n) is 1.67. The standard InChI is InChI=1S/C15H20N2O/c1-14(2,15(3,4)18)17-13-12-8-6-5-7-11(12)9-10-16-13/h5-10,18H,1-4H3,(H,16,17). The average Bonchev–Trinajstić information content (AvgIpc) is 2.27. The number of anilines is 1. The highest BCUT2D eigenvalue weighted by Gasteiger charge is 2.35. The number of aromatic nitrogens is 1. The second-order valence-corrected chi connectivity index (χ2v) is 5.69. The molecule has 96 valence electrons. The monoisotopic (exact) mass is 244 g/mol. The van der Waals surface area contributed by atoms with E-state index in [1.54, 1.807) is 20.0 Å². The summed E-state index contributed by atoms with van der Waals surface area (Å²) in [5.41, 5.74) is -1.31. The average molecular weight is 244 g/mol. The van der Waals surface area contributed by atoms with Gasteiger partial charge in [-0.2, -0.15) is 0 Å². The SMILES string of the molecule is CC(C)(O)C(C)(C)Nc1nccc2ccccc12. The van der Waals surface area contributed by atoms with Crippen molar-refractivity contribution < 1.29 is 5.11 Å². The van der Waals surface area contributed by atoms with Crippen LogP contribution in [0.3, 0.4) is 0 Å². The second kappa shape index (κ2) is 4.25. The number of benzene rings is 1. The first-order valence-corrected chi connectivity index (χ1v) is 6.15. The summed E-state index contributed by atoms with van der Waals surface area (Å²) in [7, 11) is 0. The van der Waals surface area contributed by atoms with Crippen molar-refractivity contribution in [3.8, 4) is 0 Å². The van der Waals surface area contributed by atoms with Gasteiger partial charge in [-0.05, 0) is 39.1 Å². The van der Waals surface area contributed by atoms with E-state index in [0.29, 0.717) is 0 Å². The highest BCUT2D eigenvalue weighted by Crippen LogP contribution is 2.28. The summed E-state index contributed by atoms with van der Waals surface area (Å²) < 4.78 is 0. The Morgan fingerprint density at radius 1 is 1.06 bits per heavy atom. The largest absolute Gasteiger partial charge is 0.388 e. The molecule has 0 aliphatic heterocycles. The van der Waals surface area contributed by atoms with Gasteiger partial charge in [-0.3, -0.25) is 0 Å². The molecule has 0 unspecified atom stereocenters. The van der Waals surface area contributed by atoms with Gasteiger partial charge in [0.1, 0.15) is 5.82 Å². The molecule has 0 amide bonds. The van der Waals surface area contributed by atoms with Gasteiger partial charge in [0.05, 0.1) is 11.1 Å². The molecule has 0 fully saturated rings. The lowest BCUT2D eigenvalue weighted by Gasteiger charge is -2.38. The van der Waals surface area contributed by atoms with E-state index in [4.69, 9.17) is 0 Å². The predicted octanol–water partition coefficient (Wildman–Crippen LogP) is 3.20. The number of nitrogens with one attached hydrogen (secondary N) is 1. The molecule has 1 aromatic carbocycles. The van der Waals surface area contributed by atoms with Gasteiger partial charge < -0.3 is 10.4 Å². The summed E-state index contributed by atoms with van der Waals surface area (Å²) >= 11 is 0. The Balaban J connectivity index is 2.44. The van der Waals surface area contributed by atoms with Crippen molar-refractivity contribution in [2.24, 2.45) is 0 Å². The summed E-state index contributed by atoms with van der Waals surface area (Å²) in [4.78, 5) is 4.38. The van der Waals surface area contributed by atoms with Crippen LogP contribution >= 0.6 is 0 Å². The molecule has 0 aliphatic carbocycles. The maximum absolute atomic E-state index is 10.2. The van der Waals surface area contributed by atoms with Crippen LogP contribution in [-0.4, -0.2) is 21.2 Å². The number of aliphatic hydroxyl groups is 1. The van der Waals surface area contributed by atoms with Crippen LogP contribution < -0.4 is 5.32 Å². The zero-order valence-electron chi connectivity index (χ0n) is 11.4. The van der Waals surface area contributed by atoms with E-state index in [1.165, 1.54) is 0 Å². The van der Waals surface area contributed by atoms with Crippen molar-refractivity contribution in [3.05, 3.63) is 36.5 Å². The first-order valence-electron chi connectivity index (χ1n) is 6.15. The van der Waals surface area contributed by atoms with Crippen LogP contribution in [-0.2, 0) is 0 Å². The zero-order valence-corrected chi connectivity index (χ0v) is 11.4. The van der Waals surface area contributed by atoms with E-state index in [9.17, 15) is 5.11 Å². The van der Waals surface area contributed by atoms with Gasteiger partial charge in [-0.25, -0.2) is 4.98 Å². The number of nitrogens with zero attached hydrogens (tertiary/aromatic N) is 1. The molecule has 2 N–H and O–H groups in total. The molecule has 1 aromatic heterocycles. The fourth-order valence-corrected chi connectivity index (χ4v) is 1.67. The first-order chi connectivity index (χ1) is 8.31. The molecule has 0 radical (unpaired) electrons. The van der Waals surface area contributed by atoms with Gasteiger partial charge in [0.15, 0.2) is 0 Å². The Kier molecular flexibility index (Phi) is 3.03. The fraction of sp³-hybridized carbons (Fsp3) is 0.400. The minimum Gasteiger partial charge on any atom is -0.388 e. The summed E-state index contributed by atoms with van der Waals surface area (Å²) in [6.07, 6.45) is 1.78. The van der Waals surface area contributed by atoms with Gasteiger partial charge in [-0.1, -0.05) is 24.3 Å². The molecule has 0 saturated heterocycles. The molecule has 2 aromatic rings. The molecule has 3 nitrogen and oxygen atoms in total. The molecule has 3 heteroatoms. The molecule has 0 aliphatic rings. The van der Waals surface area contributed by atoms with E-state index in [2.05, 4.69) is 16.4 Å². The lowest BCUT2D eigenvalue weighted by molar-refractivity contribution is 0.0239. The normalized spacial score (nSPS) is 12.7. The zero-order chi connectivity index (χ0) is 13.4. The van der Waals surface area contributed by atoms with Crippen molar-refractivity contribution in [1.82, 2.24) is 4.98 Å². The van der Waals surface area contributed by atoms with Gasteiger partial charge in [0.2, 0.25) is 0 Å². The molecular weight excluding hydrogens is 224 g/mol. The van der Waals surface area contributed by atoms with Crippen molar-refractivity contribution >= 4 is 16.6 Å². The number of rotatable bonds is 3. The third-order valence-electron chi connectivity index (χ3n) is 3.63. The topological polar surface area (TPSA) is 45.1 Å². The third kappa shape index (κ3) is 2.31. The van der Waals surface area contributed by atoms with Crippen molar-refractivity contribution in [2.75, 3.05) is 5.32 Å². The molecule has 0 atom stereocenters. The Labute approximate surface area is 108 Å². The van der Waals surface area contributed by atoms with Crippen molar-refractivity contribution in [3.63, 3.8) is 0 Å². The maximum Gasteiger partial charge on any atom is 0.134 e. The minimum absolute atomic E-state index is 0.468. The number of fused-ring (bicyclic) bond motifs is 1. The van der Waals surface area contributed by atoms with Gasteiger partial charge >= 0.3 is 0 Å². The van der Waals surface area contributed by atoms with E-state index < -0.39 is 11.1 Å².